The second-order valence-electron chi connectivity index (χ2n) is 9.22. The Kier molecular flexibility index (Phi) is 7.66. The molecule has 1 saturated heterocycles. The van der Waals surface area contributed by atoms with Crippen LogP contribution in [0.4, 0.5) is 5.69 Å². The standard InChI is InChI=1S/C26H32N2O5S/c1-2-33-26(30)24-17-22(34(31,32)21-6-4-3-5-7-21)18-25(29)23(24)16-19-10-14-28(15-11-19)20-8-12-27-13-9-20/h3-9,12-13,19,22-24H,2,10-11,14-18H2,1H3. The number of nitrogens with zero attached hydrogens (tertiary/aromatic N) is 2. The van der Waals surface area contributed by atoms with Crippen molar-refractivity contribution in [2.75, 3.05) is 24.6 Å². The molecule has 0 radical (unpaired) electrons. The van der Waals surface area contributed by atoms with E-state index < -0.39 is 32.9 Å². The molecular formula is C26H32N2O5S. The lowest BCUT2D eigenvalue weighted by Gasteiger charge is -2.38. The summed E-state index contributed by atoms with van der Waals surface area (Å²) in [6.07, 6.45) is 6.10. The van der Waals surface area contributed by atoms with Gasteiger partial charge in [0.05, 0.1) is 22.7 Å². The highest BCUT2D eigenvalue weighted by Crippen LogP contribution is 2.39. The summed E-state index contributed by atoms with van der Waals surface area (Å²) >= 11 is 0. The van der Waals surface area contributed by atoms with E-state index in [-0.39, 0.29) is 30.1 Å². The topological polar surface area (TPSA) is 93.6 Å². The predicted octanol–water partition coefficient (Wildman–Crippen LogP) is 3.69. The molecule has 2 fully saturated rings. The third-order valence-electron chi connectivity index (χ3n) is 7.17. The molecule has 1 aromatic carbocycles. The summed E-state index contributed by atoms with van der Waals surface area (Å²) in [5.41, 5.74) is 1.14. The normalized spacial score (nSPS) is 24.1. The molecule has 0 amide bonds. The summed E-state index contributed by atoms with van der Waals surface area (Å²) in [7, 11) is -3.71. The molecule has 34 heavy (non-hydrogen) atoms. The lowest BCUT2D eigenvalue weighted by atomic mass is 9.72. The highest BCUT2D eigenvalue weighted by atomic mass is 32.2. The molecule has 1 aliphatic heterocycles. The zero-order chi connectivity index (χ0) is 24.1. The van der Waals surface area contributed by atoms with Gasteiger partial charge in [0.2, 0.25) is 0 Å². The van der Waals surface area contributed by atoms with Crippen LogP contribution < -0.4 is 4.90 Å². The second kappa shape index (κ2) is 10.7. The molecule has 7 nitrogen and oxygen atoms in total. The van der Waals surface area contributed by atoms with Crippen LogP contribution in [0.25, 0.3) is 0 Å². The number of ketones is 1. The smallest absolute Gasteiger partial charge is 0.309 e. The zero-order valence-corrected chi connectivity index (χ0v) is 20.3. The summed E-state index contributed by atoms with van der Waals surface area (Å²) in [4.78, 5) is 32.7. The molecule has 2 aliphatic rings. The van der Waals surface area contributed by atoms with Gasteiger partial charge in [-0.05, 0) is 62.8 Å². The lowest BCUT2D eigenvalue weighted by molar-refractivity contribution is -0.154. The molecule has 1 aromatic heterocycles. The van der Waals surface area contributed by atoms with E-state index in [2.05, 4.69) is 9.88 Å². The number of anilines is 1. The molecule has 2 heterocycles. The number of rotatable bonds is 7. The van der Waals surface area contributed by atoms with Gasteiger partial charge in [-0.3, -0.25) is 14.6 Å². The van der Waals surface area contributed by atoms with E-state index in [9.17, 15) is 18.0 Å². The average molecular weight is 485 g/mol. The minimum atomic E-state index is -3.71. The van der Waals surface area contributed by atoms with Crippen LogP contribution in [0.3, 0.4) is 0 Å². The van der Waals surface area contributed by atoms with Gasteiger partial charge in [-0.15, -0.1) is 0 Å². The van der Waals surface area contributed by atoms with Crippen molar-refractivity contribution >= 4 is 27.3 Å². The maximum atomic E-state index is 13.3. The number of Topliss-reactive ketones (excluding diaryl/α,β-unsaturated/α-hetero) is 1. The minimum absolute atomic E-state index is 0.0480. The Morgan fingerprint density at radius 2 is 1.76 bits per heavy atom. The van der Waals surface area contributed by atoms with Gasteiger partial charge >= 0.3 is 5.97 Å². The van der Waals surface area contributed by atoms with E-state index in [4.69, 9.17) is 4.74 Å². The Hall–Kier alpha value is -2.74. The Balaban J connectivity index is 1.47. The number of ether oxygens (including phenoxy) is 1. The van der Waals surface area contributed by atoms with Crippen LogP contribution >= 0.6 is 0 Å². The van der Waals surface area contributed by atoms with Crippen LogP contribution in [0.1, 0.15) is 39.0 Å². The van der Waals surface area contributed by atoms with Gasteiger partial charge in [0, 0.05) is 43.5 Å². The molecule has 3 unspecified atom stereocenters. The quantitative estimate of drug-likeness (QED) is 0.553. The number of sulfone groups is 1. The number of benzene rings is 1. The van der Waals surface area contributed by atoms with Crippen LogP contribution in [0, 0.1) is 17.8 Å². The number of pyridine rings is 1. The summed E-state index contributed by atoms with van der Waals surface area (Å²) < 4.78 is 31.7. The van der Waals surface area contributed by atoms with Crippen molar-refractivity contribution in [2.45, 2.75) is 49.2 Å². The van der Waals surface area contributed by atoms with Crippen molar-refractivity contribution in [3.8, 4) is 0 Å². The summed E-state index contributed by atoms with van der Waals surface area (Å²) in [5, 5.41) is -0.901. The molecule has 4 rings (SSSR count). The summed E-state index contributed by atoms with van der Waals surface area (Å²) in [6, 6.07) is 12.2. The van der Waals surface area contributed by atoms with Gasteiger partial charge in [0.15, 0.2) is 9.84 Å². The van der Waals surface area contributed by atoms with Crippen molar-refractivity contribution in [3.05, 3.63) is 54.9 Å². The molecule has 3 atom stereocenters. The zero-order valence-electron chi connectivity index (χ0n) is 19.5. The van der Waals surface area contributed by atoms with E-state index in [0.717, 1.165) is 31.6 Å². The number of aromatic nitrogens is 1. The fourth-order valence-electron chi connectivity index (χ4n) is 5.32. The lowest BCUT2D eigenvalue weighted by Crippen LogP contribution is -2.44. The van der Waals surface area contributed by atoms with Crippen LogP contribution in [0.15, 0.2) is 59.8 Å². The van der Waals surface area contributed by atoms with Gasteiger partial charge in [0.1, 0.15) is 5.78 Å². The second-order valence-corrected chi connectivity index (χ2v) is 11.5. The van der Waals surface area contributed by atoms with E-state index in [0.29, 0.717) is 12.3 Å². The van der Waals surface area contributed by atoms with Crippen molar-refractivity contribution in [3.63, 3.8) is 0 Å². The fourth-order valence-corrected chi connectivity index (χ4v) is 7.08. The van der Waals surface area contributed by atoms with Crippen LogP contribution in [0.2, 0.25) is 0 Å². The van der Waals surface area contributed by atoms with Crippen LogP contribution in [-0.2, 0) is 24.2 Å². The van der Waals surface area contributed by atoms with E-state index >= 15 is 0 Å². The van der Waals surface area contributed by atoms with Crippen molar-refractivity contribution in [1.82, 2.24) is 4.98 Å². The number of esters is 1. The molecule has 0 bridgehead atoms. The Morgan fingerprint density at radius 1 is 1.09 bits per heavy atom. The molecule has 1 saturated carbocycles. The first-order chi connectivity index (χ1) is 16.4. The molecule has 8 heteroatoms. The largest absolute Gasteiger partial charge is 0.466 e. The Morgan fingerprint density at radius 3 is 2.41 bits per heavy atom. The number of hydrogen-bond acceptors (Lipinski definition) is 7. The predicted molar refractivity (Wildman–Crippen MR) is 129 cm³/mol. The van der Waals surface area contributed by atoms with E-state index in [1.165, 1.54) is 0 Å². The molecule has 1 aliphatic carbocycles. The fraction of sp³-hybridized carbons (Fsp3) is 0.500. The molecule has 0 spiro atoms. The van der Waals surface area contributed by atoms with Crippen molar-refractivity contribution in [2.24, 2.45) is 17.8 Å². The average Bonchev–Trinajstić information content (AvgIpc) is 2.86. The number of piperidine rings is 1. The van der Waals surface area contributed by atoms with E-state index in [1.807, 2.05) is 12.1 Å². The van der Waals surface area contributed by atoms with Gasteiger partial charge < -0.3 is 9.64 Å². The summed E-state index contributed by atoms with van der Waals surface area (Å²) in [6.45, 7) is 3.69. The highest BCUT2D eigenvalue weighted by Gasteiger charge is 2.46. The minimum Gasteiger partial charge on any atom is -0.466 e. The first-order valence-corrected chi connectivity index (χ1v) is 13.6. The molecule has 0 N–H and O–H groups in total. The first-order valence-electron chi connectivity index (χ1n) is 12.0. The molecule has 182 valence electrons. The van der Waals surface area contributed by atoms with Gasteiger partial charge in [-0.25, -0.2) is 8.42 Å². The molecular weight excluding hydrogens is 452 g/mol. The number of carbonyl (C=O) groups excluding carboxylic acids is 2. The summed E-state index contributed by atoms with van der Waals surface area (Å²) in [5.74, 6) is -1.48. The van der Waals surface area contributed by atoms with Crippen LogP contribution in [0.5, 0.6) is 0 Å². The number of hydrogen-bond donors (Lipinski definition) is 0. The monoisotopic (exact) mass is 484 g/mol. The van der Waals surface area contributed by atoms with Crippen molar-refractivity contribution < 1.29 is 22.7 Å². The third kappa shape index (κ3) is 5.32. The highest BCUT2D eigenvalue weighted by molar-refractivity contribution is 7.92. The van der Waals surface area contributed by atoms with E-state index in [1.54, 1.807) is 49.6 Å². The SMILES string of the molecule is CCOC(=O)C1CC(S(=O)(=O)c2ccccc2)CC(=O)C1CC1CCN(c2ccncc2)CC1. The molecule has 2 aromatic rings. The maximum absolute atomic E-state index is 13.3. The third-order valence-corrected chi connectivity index (χ3v) is 9.34. The van der Waals surface area contributed by atoms with Gasteiger partial charge in [-0.2, -0.15) is 0 Å². The first kappa shape index (κ1) is 24.4. The number of carbonyl (C=O) groups is 2. The maximum Gasteiger partial charge on any atom is 0.309 e. The Labute approximate surface area is 201 Å². The van der Waals surface area contributed by atoms with Crippen molar-refractivity contribution in [1.29, 1.82) is 0 Å². The van der Waals surface area contributed by atoms with Crippen LogP contribution in [-0.4, -0.2) is 50.1 Å². The van der Waals surface area contributed by atoms with Gasteiger partial charge in [-0.1, -0.05) is 18.2 Å². The Bertz CT molecular complexity index is 1080. The van der Waals surface area contributed by atoms with Gasteiger partial charge in [0.25, 0.3) is 0 Å².